The lowest BCUT2D eigenvalue weighted by molar-refractivity contribution is -0.130. The largest absolute Gasteiger partial charge is 0.341 e. The minimum absolute atomic E-state index is 0.0120. The number of aromatic nitrogens is 3. The zero-order valence-corrected chi connectivity index (χ0v) is 14.5. The maximum atomic E-state index is 12.8. The molecular weight excluding hydrogens is 324 g/mol. The Morgan fingerprint density at radius 3 is 2.79 bits per heavy atom. The first-order valence-corrected chi connectivity index (χ1v) is 8.90. The number of amides is 1. The maximum absolute atomic E-state index is 12.8. The van der Waals surface area contributed by atoms with Gasteiger partial charge in [0.25, 0.3) is 5.56 Å². The van der Waals surface area contributed by atoms with E-state index in [2.05, 4.69) is 9.97 Å². The molecule has 0 aliphatic carbocycles. The zero-order valence-electron chi connectivity index (χ0n) is 13.7. The molecule has 24 heavy (non-hydrogen) atoms. The average Bonchev–Trinajstić information content (AvgIpc) is 3.17. The van der Waals surface area contributed by atoms with Gasteiger partial charge in [0.05, 0.1) is 11.8 Å². The topological polar surface area (TPSA) is 68.1 Å². The van der Waals surface area contributed by atoms with Crippen LogP contribution < -0.4 is 5.56 Å². The number of likely N-dealkylation sites (tertiary alicyclic amines) is 1. The van der Waals surface area contributed by atoms with Crippen molar-refractivity contribution in [3.8, 4) is 0 Å². The van der Waals surface area contributed by atoms with E-state index < -0.39 is 0 Å². The molecule has 4 heterocycles. The fraction of sp³-hybridized carbons (Fsp3) is 0.412. The van der Waals surface area contributed by atoms with E-state index in [4.69, 9.17) is 0 Å². The fourth-order valence-corrected chi connectivity index (χ4v) is 4.52. The lowest BCUT2D eigenvalue weighted by Crippen LogP contribution is -2.34. The number of pyridine rings is 1. The predicted molar refractivity (Wildman–Crippen MR) is 94.5 cm³/mol. The molecule has 7 heteroatoms. The Balaban J connectivity index is 1.80. The molecule has 1 amide bonds. The van der Waals surface area contributed by atoms with Crippen LogP contribution in [0.5, 0.6) is 0 Å². The van der Waals surface area contributed by atoms with Crippen molar-refractivity contribution >= 4 is 37.7 Å². The first kappa shape index (κ1) is 15.3. The van der Waals surface area contributed by atoms with E-state index in [1.165, 1.54) is 22.2 Å². The summed E-state index contributed by atoms with van der Waals surface area (Å²) in [4.78, 5) is 36.7. The van der Waals surface area contributed by atoms with E-state index in [1.807, 2.05) is 24.8 Å². The van der Waals surface area contributed by atoms with Crippen LogP contribution in [0.1, 0.15) is 24.1 Å². The van der Waals surface area contributed by atoms with Gasteiger partial charge in [-0.15, -0.1) is 11.3 Å². The highest BCUT2D eigenvalue weighted by Crippen LogP contribution is 2.31. The monoisotopic (exact) mass is 342 g/mol. The van der Waals surface area contributed by atoms with E-state index in [9.17, 15) is 9.59 Å². The van der Waals surface area contributed by atoms with Gasteiger partial charge in [-0.1, -0.05) is 0 Å². The molecule has 0 unspecified atom stereocenters. The van der Waals surface area contributed by atoms with Crippen LogP contribution in [0.4, 0.5) is 0 Å². The van der Waals surface area contributed by atoms with Gasteiger partial charge in [-0.05, 0) is 38.3 Å². The summed E-state index contributed by atoms with van der Waals surface area (Å²) in [5, 5.41) is 0.940. The number of rotatable bonds is 2. The molecule has 0 bridgehead atoms. The minimum Gasteiger partial charge on any atom is -0.341 e. The van der Waals surface area contributed by atoms with Gasteiger partial charge in [-0.2, -0.15) is 0 Å². The third-order valence-electron chi connectivity index (χ3n) is 4.51. The van der Waals surface area contributed by atoms with Crippen LogP contribution in [0.3, 0.4) is 0 Å². The predicted octanol–water partition coefficient (Wildman–Crippen LogP) is 2.25. The molecule has 0 spiro atoms. The number of fused-ring (bicyclic) bond motifs is 3. The van der Waals surface area contributed by atoms with Crippen LogP contribution in [0, 0.1) is 13.8 Å². The molecule has 4 rings (SSSR count). The van der Waals surface area contributed by atoms with Gasteiger partial charge in [0, 0.05) is 24.2 Å². The molecule has 6 nitrogen and oxygen atoms in total. The summed E-state index contributed by atoms with van der Waals surface area (Å²) in [5.74, 6) is -0.0120. The van der Waals surface area contributed by atoms with E-state index in [-0.39, 0.29) is 18.0 Å². The SMILES string of the molecule is Cc1cc(C)c2c(n1)sc1c(=O)n(CC(=O)N3CCCC3)cnc12. The number of aryl methyl sites for hydroxylation is 2. The fourth-order valence-electron chi connectivity index (χ4n) is 3.33. The van der Waals surface area contributed by atoms with Crippen molar-refractivity contribution in [1.82, 2.24) is 19.4 Å². The summed E-state index contributed by atoms with van der Waals surface area (Å²) >= 11 is 1.36. The van der Waals surface area contributed by atoms with E-state index >= 15 is 0 Å². The van der Waals surface area contributed by atoms with Crippen molar-refractivity contribution in [2.75, 3.05) is 13.1 Å². The quantitative estimate of drug-likeness (QED) is 0.716. The summed E-state index contributed by atoms with van der Waals surface area (Å²) in [5.41, 5.74) is 2.53. The number of carbonyl (C=O) groups excluding carboxylic acids is 1. The van der Waals surface area contributed by atoms with Crippen LogP contribution >= 0.6 is 11.3 Å². The Hall–Kier alpha value is -2.28. The van der Waals surface area contributed by atoms with Crippen LogP contribution in [0.25, 0.3) is 20.4 Å². The number of hydrogen-bond acceptors (Lipinski definition) is 5. The molecule has 0 radical (unpaired) electrons. The molecule has 3 aromatic rings. The van der Waals surface area contributed by atoms with Crippen LogP contribution in [-0.2, 0) is 11.3 Å². The van der Waals surface area contributed by atoms with Crippen LogP contribution in [-0.4, -0.2) is 38.4 Å². The second kappa shape index (κ2) is 5.66. The lowest BCUT2D eigenvalue weighted by Gasteiger charge is -2.15. The maximum Gasteiger partial charge on any atom is 0.271 e. The van der Waals surface area contributed by atoms with E-state index in [0.717, 1.165) is 47.4 Å². The van der Waals surface area contributed by atoms with Crippen LogP contribution in [0.2, 0.25) is 0 Å². The molecule has 0 N–H and O–H groups in total. The highest BCUT2D eigenvalue weighted by Gasteiger charge is 2.20. The molecule has 1 saturated heterocycles. The van der Waals surface area contributed by atoms with Crippen molar-refractivity contribution in [2.24, 2.45) is 0 Å². The first-order valence-electron chi connectivity index (χ1n) is 8.08. The van der Waals surface area contributed by atoms with Gasteiger partial charge in [-0.3, -0.25) is 14.2 Å². The standard InChI is InChI=1S/C17H18N4O2S/c1-10-7-11(2)19-16-13(10)14-15(24-16)17(23)21(9-18-14)8-12(22)20-5-3-4-6-20/h7,9H,3-6,8H2,1-2H3. The molecule has 1 fully saturated rings. The van der Waals surface area contributed by atoms with Gasteiger partial charge in [0.15, 0.2) is 0 Å². The molecule has 1 aliphatic heterocycles. The summed E-state index contributed by atoms with van der Waals surface area (Å²) < 4.78 is 1.99. The summed E-state index contributed by atoms with van der Waals surface area (Å²) in [6.07, 6.45) is 3.57. The summed E-state index contributed by atoms with van der Waals surface area (Å²) in [6, 6.07) is 2.00. The first-order chi connectivity index (χ1) is 11.5. The third kappa shape index (κ3) is 2.39. The van der Waals surface area contributed by atoms with Gasteiger partial charge < -0.3 is 4.90 Å². The summed E-state index contributed by atoms with van der Waals surface area (Å²) in [6.45, 7) is 5.58. The highest BCUT2D eigenvalue weighted by molar-refractivity contribution is 7.25. The van der Waals surface area contributed by atoms with Crippen molar-refractivity contribution in [1.29, 1.82) is 0 Å². The second-order valence-corrected chi connectivity index (χ2v) is 7.31. The molecular formula is C17H18N4O2S. The van der Waals surface area contributed by atoms with Gasteiger partial charge in [0.2, 0.25) is 5.91 Å². The molecule has 0 aromatic carbocycles. The van der Waals surface area contributed by atoms with E-state index in [1.54, 1.807) is 0 Å². The molecule has 0 atom stereocenters. The third-order valence-corrected chi connectivity index (χ3v) is 5.57. The van der Waals surface area contributed by atoms with Gasteiger partial charge in [0.1, 0.15) is 16.1 Å². The average molecular weight is 342 g/mol. The van der Waals surface area contributed by atoms with Crippen molar-refractivity contribution in [3.05, 3.63) is 34.0 Å². The Morgan fingerprint density at radius 1 is 1.29 bits per heavy atom. The number of thiophene rings is 1. The molecule has 124 valence electrons. The molecule has 0 saturated carbocycles. The smallest absolute Gasteiger partial charge is 0.271 e. The highest BCUT2D eigenvalue weighted by atomic mass is 32.1. The number of hydrogen-bond donors (Lipinski definition) is 0. The Morgan fingerprint density at radius 2 is 2.04 bits per heavy atom. The van der Waals surface area contributed by atoms with E-state index in [0.29, 0.717) is 10.2 Å². The number of nitrogens with zero attached hydrogens (tertiary/aromatic N) is 4. The number of carbonyl (C=O) groups is 1. The normalized spacial score (nSPS) is 14.8. The summed E-state index contributed by atoms with van der Waals surface area (Å²) in [7, 11) is 0. The van der Waals surface area contributed by atoms with Crippen molar-refractivity contribution in [2.45, 2.75) is 33.2 Å². The minimum atomic E-state index is -0.160. The Bertz CT molecular complexity index is 1010. The Labute approximate surface area is 142 Å². The molecule has 1 aliphatic rings. The molecule has 3 aromatic heterocycles. The van der Waals surface area contributed by atoms with Crippen molar-refractivity contribution < 1.29 is 4.79 Å². The Kier molecular flexibility index (Phi) is 3.60. The van der Waals surface area contributed by atoms with Crippen molar-refractivity contribution in [3.63, 3.8) is 0 Å². The van der Waals surface area contributed by atoms with Gasteiger partial charge in [-0.25, -0.2) is 9.97 Å². The lowest BCUT2D eigenvalue weighted by atomic mass is 10.1. The second-order valence-electron chi connectivity index (χ2n) is 6.31. The van der Waals surface area contributed by atoms with Gasteiger partial charge >= 0.3 is 0 Å². The van der Waals surface area contributed by atoms with Crippen LogP contribution in [0.15, 0.2) is 17.2 Å². The zero-order chi connectivity index (χ0) is 16.8.